The molecule has 4 rings (SSSR count). The molecule has 0 unspecified atom stereocenters. The van der Waals surface area contributed by atoms with Gasteiger partial charge in [0.2, 0.25) is 0 Å². The molecule has 4 aromatic rings. The SMILES string of the molecule is CN(C)c1cccc(CC(C(=O)c2ccccc2)=C(C(=O)O)c2ccc3nsnc3c2)c1. The second-order valence-electron chi connectivity index (χ2n) is 7.56. The highest BCUT2D eigenvalue weighted by Gasteiger charge is 2.24. The zero-order valence-corrected chi connectivity index (χ0v) is 18.5. The molecule has 1 heterocycles. The monoisotopic (exact) mass is 443 g/mol. The van der Waals surface area contributed by atoms with Crippen LogP contribution in [0.4, 0.5) is 5.69 Å². The molecular formula is C25H21N3O3S. The van der Waals surface area contributed by atoms with Crippen LogP contribution in [0, 0.1) is 0 Å². The molecule has 0 aliphatic rings. The molecule has 6 nitrogen and oxygen atoms in total. The van der Waals surface area contributed by atoms with Crippen molar-refractivity contribution in [2.24, 2.45) is 0 Å². The van der Waals surface area contributed by atoms with Crippen molar-refractivity contribution in [1.29, 1.82) is 0 Å². The Morgan fingerprint density at radius 2 is 1.62 bits per heavy atom. The Labute approximate surface area is 189 Å². The van der Waals surface area contributed by atoms with Crippen molar-refractivity contribution < 1.29 is 14.7 Å². The van der Waals surface area contributed by atoms with Crippen molar-refractivity contribution in [2.75, 3.05) is 19.0 Å². The number of carbonyl (C=O) groups excluding carboxylic acids is 1. The first kappa shape index (κ1) is 21.4. The van der Waals surface area contributed by atoms with Crippen molar-refractivity contribution in [3.05, 3.63) is 95.1 Å². The third-order valence-electron chi connectivity index (χ3n) is 5.18. The Kier molecular flexibility index (Phi) is 6.09. The van der Waals surface area contributed by atoms with Gasteiger partial charge in [-0.15, -0.1) is 0 Å². The molecule has 0 aliphatic carbocycles. The average molecular weight is 444 g/mol. The van der Waals surface area contributed by atoms with Crippen LogP contribution in [0.5, 0.6) is 0 Å². The Hall–Kier alpha value is -3.84. The lowest BCUT2D eigenvalue weighted by molar-refractivity contribution is -0.130. The van der Waals surface area contributed by atoms with Crippen molar-refractivity contribution in [2.45, 2.75) is 6.42 Å². The molecule has 1 aromatic heterocycles. The summed E-state index contributed by atoms with van der Waals surface area (Å²) >= 11 is 1.07. The smallest absolute Gasteiger partial charge is 0.336 e. The lowest BCUT2D eigenvalue weighted by Crippen LogP contribution is -2.14. The van der Waals surface area contributed by atoms with Crippen LogP contribution < -0.4 is 4.90 Å². The second kappa shape index (κ2) is 9.11. The summed E-state index contributed by atoms with van der Waals surface area (Å²) < 4.78 is 8.40. The van der Waals surface area contributed by atoms with Gasteiger partial charge in [0.1, 0.15) is 11.0 Å². The third kappa shape index (κ3) is 4.43. The number of carbonyl (C=O) groups is 2. The highest BCUT2D eigenvalue weighted by Crippen LogP contribution is 2.28. The summed E-state index contributed by atoms with van der Waals surface area (Å²) in [6.07, 6.45) is 0.185. The fourth-order valence-electron chi connectivity index (χ4n) is 3.56. The van der Waals surface area contributed by atoms with Crippen LogP contribution in [0.3, 0.4) is 0 Å². The summed E-state index contributed by atoms with van der Waals surface area (Å²) in [6, 6.07) is 21.6. The van der Waals surface area contributed by atoms with E-state index in [2.05, 4.69) is 8.75 Å². The van der Waals surface area contributed by atoms with E-state index < -0.39 is 5.97 Å². The summed E-state index contributed by atoms with van der Waals surface area (Å²) in [5.41, 5.74) is 4.20. The van der Waals surface area contributed by atoms with Crippen molar-refractivity contribution in [1.82, 2.24) is 8.75 Å². The fraction of sp³-hybridized carbons (Fsp3) is 0.120. The fourth-order valence-corrected chi connectivity index (χ4v) is 4.08. The van der Waals surface area contributed by atoms with Crippen LogP contribution in [0.1, 0.15) is 21.5 Å². The van der Waals surface area contributed by atoms with E-state index in [4.69, 9.17) is 0 Å². The van der Waals surface area contributed by atoms with Gasteiger partial charge in [-0.25, -0.2) is 4.79 Å². The number of hydrogen-bond donors (Lipinski definition) is 1. The van der Waals surface area contributed by atoms with Crippen LogP contribution in [-0.2, 0) is 11.2 Å². The first-order valence-electron chi connectivity index (χ1n) is 9.99. The first-order chi connectivity index (χ1) is 15.4. The molecule has 0 saturated heterocycles. The number of carboxylic acids is 1. The van der Waals surface area contributed by atoms with Gasteiger partial charge in [-0.05, 0) is 35.4 Å². The van der Waals surface area contributed by atoms with E-state index in [1.165, 1.54) is 0 Å². The minimum Gasteiger partial charge on any atom is -0.478 e. The number of allylic oxidation sites excluding steroid dienone is 1. The number of anilines is 1. The molecule has 0 fully saturated rings. The molecule has 3 aromatic carbocycles. The number of carboxylic acid groups (broad SMARTS) is 1. The lowest BCUT2D eigenvalue weighted by atomic mass is 9.89. The Balaban J connectivity index is 1.90. The number of ketones is 1. The number of fused-ring (bicyclic) bond motifs is 1. The van der Waals surface area contributed by atoms with Crippen LogP contribution in [0.25, 0.3) is 16.6 Å². The van der Waals surface area contributed by atoms with Gasteiger partial charge in [0.05, 0.1) is 17.3 Å². The largest absolute Gasteiger partial charge is 0.478 e. The van der Waals surface area contributed by atoms with Gasteiger partial charge in [-0.2, -0.15) is 8.75 Å². The van der Waals surface area contributed by atoms with Gasteiger partial charge < -0.3 is 10.0 Å². The summed E-state index contributed by atoms with van der Waals surface area (Å²) in [6.45, 7) is 0. The Bertz CT molecular complexity index is 1330. The van der Waals surface area contributed by atoms with Crippen LogP contribution in [0.15, 0.2) is 78.4 Å². The average Bonchev–Trinajstić information content (AvgIpc) is 3.27. The molecule has 7 heteroatoms. The molecule has 32 heavy (non-hydrogen) atoms. The summed E-state index contributed by atoms with van der Waals surface area (Å²) in [5, 5.41) is 10.2. The molecular weight excluding hydrogens is 422 g/mol. The van der Waals surface area contributed by atoms with Gasteiger partial charge in [-0.3, -0.25) is 4.79 Å². The normalized spacial score (nSPS) is 11.8. The summed E-state index contributed by atoms with van der Waals surface area (Å²) in [4.78, 5) is 28.0. The van der Waals surface area contributed by atoms with E-state index in [0.717, 1.165) is 23.0 Å². The first-order valence-corrected chi connectivity index (χ1v) is 10.7. The van der Waals surface area contributed by atoms with Gasteiger partial charge in [0.25, 0.3) is 0 Å². The summed E-state index contributed by atoms with van der Waals surface area (Å²) in [7, 11) is 3.87. The van der Waals surface area contributed by atoms with Crippen LogP contribution >= 0.6 is 11.7 Å². The predicted octanol–water partition coefficient (Wildman–Crippen LogP) is 4.72. The maximum absolute atomic E-state index is 13.5. The number of Topliss-reactive ketones (excluding diaryl/α,β-unsaturated/α-hetero) is 1. The number of aromatic nitrogens is 2. The highest BCUT2D eigenvalue weighted by molar-refractivity contribution is 7.00. The van der Waals surface area contributed by atoms with E-state index in [1.54, 1.807) is 42.5 Å². The maximum atomic E-state index is 13.5. The quantitative estimate of drug-likeness (QED) is 0.329. The van der Waals surface area contributed by atoms with Gasteiger partial charge in [0, 0.05) is 37.3 Å². The second-order valence-corrected chi connectivity index (χ2v) is 8.09. The van der Waals surface area contributed by atoms with Crippen molar-refractivity contribution in [3.63, 3.8) is 0 Å². The molecule has 160 valence electrons. The number of nitrogens with zero attached hydrogens (tertiary/aromatic N) is 3. The molecule has 1 N–H and O–H groups in total. The summed E-state index contributed by atoms with van der Waals surface area (Å²) in [5.74, 6) is -1.47. The molecule has 0 bridgehead atoms. The Morgan fingerprint density at radius 3 is 2.34 bits per heavy atom. The number of aliphatic carboxylic acids is 1. The van der Waals surface area contributed by atoms with E-state index in [9.17, 15) is 14.7 Å². The third-order valence-corrected chi connectivity index (χ3v) is 5.73. The van der Waals surface area contributed by atoms with E-state index in [-0.39, 0.29) is 23.4 Å². The Morgan fingerprint density at radius 1 is 0.875 bits per heavy atom. The molecule has 0 atom stereocenters. The number of hydrogen-bond acceptors (Lipinski definition) is 6. The maximum Gasteiger partial charge on any atom is 0.336 e. The van der Waals surface area contributed by atoms with Crippen LogP contribution in [0.2, 0.25) is 0 Å². The molecule has 0 radical (unpaired) electrons. The standard InChI is InChI=1S/C25H21N3O3S/c1-28(2)19-10-6-7-16(13-19)14-20(24(29)17-8-4-3-5-9-17)23(25(30)31)18-11-12-21-22(15-18)27-32-26-21/h3-13,15H,14H2,1-2H3,(H,30,31). The van der Waals surface area contributed by atoms with E-state index in [0.29, 0.717) is 22.2 Å². The predicted molar refractivity (Wildman–Crippen MR) is 127 cm³/mol. The van der Waals surface area contributed by atoms with E-state index >= 15 is 0 Å². The lowest BCUT2D eigenvalue weighted by Gasteiger charge is -2.16. The minimum atomic E-state index is -1.16. The zero-order valence-electron chi connectivity index (χ0n) is 17.6. The van der Waals surface area contributed by atoms with Gasteiger partial charge in [-0.1, -0.05) is 48.5 Å². The van der Waals surface area contributed by atoms with Gasteiger partial charge >= 0.3 is 5.97 Å². The number of benzene rings is 3. The molecule has 0 aliphatic heterocycles. The van der Waals surface area contributed by atoms with Crippen molar-refractivity contribution >= 4 is 45.8 Å². The highest BCUT2D eigenvalue weighted by atomic mass is 32.1. The van der Waals surface area contributed by atoms with E-state index in [1.807, 2.05) is 49.3 Å². The molecule has 0 amide bonds. The van der Waals surface area contributed by atoms with Crippen LogP contribution in [-0.4, -0.2) is 39.7 Å². The van der Waals surface area contributed by atoms with Crippen molar-refractivity contribution in [3.8, 4) is 0 Å². The zero-order chi connectivity index (χ0) is 22.7. The number of rotatable bonds is 7. The molecule has 0 spiro atoms. The van der Waals surface area contributed by atoms with Gasteiger partial charge in [0.15, 0.2) is 5.78 Å². The molecule has 0 saturated carbocycles. The minimum absolute atomic E-state index is 0.0241. The topological polar surface area (TPSA) is 83.4 Å².